The maximum absolute atomic E-state index is 13.8. The highest BCUT2D eigenvalue weighted by atomic mass is 19.1. The minimum absolute atomic E-state index is 0.120. The first-order chi connectivity index (χ1) is 12.7. The van der Waals surface area contributed by atoms with Crippen molar-refractivity contribution in [3.05, 3.63) is 54.0 Å². The summed E-state index contributed by atoms with van der Waals surface area (Å²) in [6.45, 7) is 2.10. The summed E-state index contributed by atoms with van der Waals surface area (Å²) in [5.41, 5.74) is 2.66. The molecular weight excluding hydrogens is 335 g/mol. The molecule has 0 bridgehead atoms. The zero-order valence-electron chi connectivity index (χ0n) is 14.0. The molecule has 1 fully saturated rings. The number of nitrogens with zero attached hydrogens (tertiary/aromatic N) is 4. The number of anilines is 1. The van der Waals surface area contributed by atoms with Crippen LogP contribution in [0.4, 0.5) is 10.1 Å². The minimum Gasteiger partial charge on any atom is -0.504 e. The summed E-state index contributed by atoms with van der Waals surface area (Å²) in [6, 6.07) is 10.5. The lowest BCUT2D eigenvalue weighted by molar-refractivity contribution is 0.112. The van der Waals surface area contributed by atoms with Crippen molar-refractivity contribution in [2.24, 2.45) is 0 Å². The second kappa shape index (κ2) is 6.59. The van der Waals surface area contributed by atoms with Crippen LogP contribution in [-0.4, -0.2) is 39.5 Å². The van der Waals surface area contributed by atoms with Crippen molar-refractivity contribution < 1.29 is 14.3 Å². The SMILES string of the molecule is O=Cc1cc(-c2cn(-c3cccc(N4CCCC4)c3)nn2)cc(F)c1O. The van der Waals surface area contributed by atoms with Gasteiger partial charge in [-0.05, 0) is 43.2 Å². The van der Waals surface area contributed by atoms with Crippen LogP contribution in [0.5, 0.6) is 5.75 Å². The molecule has 4 rings (SSSR count). The van der Waals surface area contributed by atoms with Gasteiger partial charge in [0.15, 0.2) is 17.9 Å². The number of benzene rings is 2. The summed E-state index contributed by atoms with van der Waals surface area (Å²) in [5.74, 6) is -1.52. The maximum Gasteiger partial charge on any atom is 0.166 e. The van der Waals surface area contributed by atoms with Crippen LogP contribution in [-0.2, 0) is 0 Å². The zero-order valence-corrected chi connectivity index (χ0v) is 14.0. The first-order valence-electron chi connectivity index (χ1n) is 8.41. The Morgan fingerprint density at radius 1 is 1.12 bits per heavy atom. The summed E-state index contributed by atoms with van der Waals surface area (Å²) in [5, 5.41) is 17.7. The molecule has 1 aliphatic heterocycles. The van der Waals surface area contributed by atoms with E-state index in [1.54, 1.807) is 10.9 Å². The highest BCUT2D eigenvalue weighted by Crippen LogP contribution is 2.28. The standard InChI is InChI=1S/C19H17FN4O2/c20-17-9-13(8-14(12-25)19(17)26)18-11-24(22-21-18)16-5-3-4-15(10-16)23-6-1-2-7-23/h3-5,8-12,26H,1-2,6-7H2. The Morgan fingerprint density at radius 2 is 1.88 bits per heavy atom. The summed E-state index contributed by atoms with van der Waals surface area (Å²) < 4.78 is 15.4. The fourth-order valence-corrected chi connectivity index (χ4v) is 3.19. The van der Waals surface area contributed by atoms with Gasteiger partial charge in [-0.2, -0.15) is 0 Å². The van der Waals surface area contributed by atoms with Crippen molar-refractivity contribution in [1.29, 1.82) is 0 Å². The van der Waals surface area contributed by atoms with E-state index in [1.165, 1.54) is 18.9 Å². The number of hydrogen-bond acceptors (Lipinski definition) is 5. The second-order valence-corrected chi connectivity index (χ2v) is 6.28. The first kappa shape index (κ1) is 16.3. The van der Waals surface area contributed by atoms with Crippen LogP contribution in [0.2, 0.25) is 0 Å². The maximum atomic E-state index is 13.8. The molecule has 0 amide bonds. The fourth-order valence-electron chi connectivity index (χ4n) is 3.19. The van der Waals surface area contributed by atoms with E-state index < -0.39 is 11.6 Å². The monoisotopic (exact) mass is 352 g/mol. The summed E-state index contributed by atoms with van der Waals surface area (Å²) in [4.78, 5) is 13.3. The molecule has 1 aromatic heterocycles. The Balaban J connectivity index is 1.67. The molecule has 7 heteroatoms. The van der Waals surface area contributed by atoms with Gasteiger partial charge in [0.2, 0.25) is 0 Å². The Hall–Kier alpha value is -3.22. The molecule has 1 N–H and O–H groups in total. The van der Waals surface area contributed by atoms with Crippen LogP contribution in [0.25, 0.3) is 16.9 Å². The number of aldehydes is 1. The van der Waals surface area contributed by atoms with Crippen molar-refractivity contribution in [3.63, 3.8) is 0 Å². The van der Waals surface area contributed by atoms with E-state index >= 15 is 0 Å². The summed E-state index contributed by atoms with van der Waals surface area (Å²) >= 11 is 0. The van der Waals surface area contributed by atoms with Gasteiger partial charge in [0.05, 0.1) is 17.4 Å². The molecule has 2 heterocycles. The average molecular weight is 352 g/mol. The zero-order chi connectivity index (χ0) is 18.1. The van der Waals surface area contributed by atoms with Gasteiger partial charge in [0, 0.05) is 24.3 Å². The number of rotatable bonds is 4. The molecule has 2 aromatic carbocycles. The Morgan fingerprint density at radius 3 is 2.65 bits per heavy atom. The van der Waals surface area contributed by atoms with Crippen molar-refractivity contribution >= 4 is 12.0 Å². The van der Waals surface area contributed by atoms with Crippen molar-refractivity contribution in [2.45, 2.75) is 12.8 Å². The number of carbonyl (C=O) groups is 1. The smallest absolute Gasteiger partial charge is 0.166 e. The van der Waals surface area contributed by atoms with E-state index in [2.05, 4.69) is 21.3 Å². The molecule has 132 valence electrons. The normalized spacial score (nSPS) is 14.0. The Kier molecular flexibility index (Phi) is 4.12. The molecule has 0 atom stereocenters. The van der Waals surface area contributed by atoms with Crippen molar-refractivity contribution in [1.82, 2.24) is 15.0 Å². The Bertz CT molecular complexity index is 964. The summed E-state index contributed by atoms with van der Waals surface area (Å²) in [6.07, 6.45) is 4.47. The number of aromatic nitrogens is 3. The summed E-state index contributed by atoms with van der Waals surface area (Å²) in [7, 11) is 0. The molecular formula is C19H17FN4O2. The van der Waals surface area contributed by atoms with Crippen molar-refractivity contribution in [2.75, 3.05) is 18.0 Å². The third-order valence-corrected chi connectivity index (χ3v) is 4.57. The lowest BCUT2D eigenvalue weighted by Crippen LogP contribution is -2.17. The van der Waals surface area contributed by atoms with Gasteiger partial charge in [-0.25, -0.2) is 9.07 Å². The van der Waals surface area contributed by atoms with Gasteiger partial charge in [-0.1, -0.05) is 11.3 Å². The molecule has 1 saturated heterocycles. The molecule has 1 aliphatic rings. The van der Waals surface area contributed by atoms with Gasteiger partial charge >= 0.3 is 0 Å². The molecule has 0 saturated carbocycles. The fraction of sp³-hybridized carbons (Fsp3) is 0.211. The quantitative estimate of drug-likeness (QED) is 0.730. The molecule has 0 unspecified atom stereocenters. The minimum atomic E-state index is -0.866. The molecule has 3 aromatic rings. The van der Waals surface area contributed by atoms with Crippen LogP contribution in [0.15, 0.2) is 42.6 Å². The lowest BCUT2D eigenvalue weighted by Gasteiger charge is -2.18. The van der Waals surface area contributed by atoms with Gasteiger partial charge in [-0.3, -0.25) is 4.79 Å². The molecule has 6 nitrogen and oxygen atoms in total. The van der Waals surface area contributed by atoms with E-state index in [4.69, 9.17) is 0 Å². The topological polar surface area (TPSA) is 71.2 Å². The lowest BCUT2D eigenvalue weighted by atomic mass is 10.1. The number of phenolic OH excluding ortho intramolecular Hbond substituents is 1. The number of halogens is 1. The first-order valence-corrected chi connectivity index (χ1v) is 8.41. The number of carbonyl (C=O) groups excluding carboxylic acids is 1. The van der Waals surface area contributed by atoms with Crippen LogP contribution >= 0.6 is 0 Å². The number of phenols is 1. The number of hydrogen-bond donors (Lipinski definition) is 1. The van der Waals surface area contributed by atoms with E-state index in [1.807, 2.05) is 18.2 Å². The highest BCUT2D eigenvalue weighted by Gasteiger charge is 2.15. The predicted molar refractivity (Wildman–Crippen MR) is 95.3 cm³/mol. The van der Waals surface area contributed by atoms with Gasteiger partial charge in [0.1, 0.15) is 5.69 Å². The molecule has 0 spiro atoms. The second-order valence-electron chi connectivity index (χ2n) is 6.28. The van der Waals surface area contributed by atoms with Gasteiger partial charge in [-0.15, -0.1) is 5.10 Å². The number of aromatic hydroxyl groups is 1. The Labute approximate surface area is 149 Å². The highest BCUT2D eigenvalue weighted by molar-refractivity contribution is 5.82. The predicted octanol–water partition coefficient (Wildman–Crippen LogP) is 3.19. The van der Waals surface area contributed by atoms with E-state index in [0.717, 1.165) is 30.5 Å². The third kappa shape index (κ3) is 2.92. The molecule has 0 radical (unpaired) electrons. The van der Waals surface area contributed by atoms with Gasteiger partial charge < -0.3 is 10.0 Å². The van der Waals surface area contributed by atoms with Crippen LogP contribution < -0.4 is 4.90 Å². The van der Waals surface area contributed by atoms with E-state index in [0.29, 0.717) is 17.5 Å². The van der Waals surface area contributed by atoms with E-state index in [-0.39, 0.29) is 5.56 Å². The third-order valence-electron chi connectivity index (χ3n) is 4.57. The molecule has 26 heavy (non-hydrogen) atoms. The average Bonchev–Trinajstić information content (AvgIpc) is 3.36. The largest absolute Gasteiger partial charge is 0.504 e. The van der Waals surface area contributed by atoms with Crippen LogP contribution in [0.1, 0.15) is 23.2 Å². The van der Waals surface area contributed by atoms with E-state index in [9.17, 15) is 14.3 Å². The molecule has 0 aliphatic carbocycles. The van der Waals surface area contributed by atoms with Gasteiger partial charge in [0.25, 0.3) is 0 Å². The van der Waals surface area contributed by atoms with Crippen molar-refractivity contribution in [3.8, 4) is 22.7 Å². The van der Waals surface area contributed by atoms with Crippen LogP contribution in [0.3, 0.4) is 0 Å². The van der Waals surface area contributed by atoms with Crippen LogP contribution in [0, 0.1) is 5.82 Å².